The van der Waals surface area contributed by atoms with E-state index in [0.29, 0.717) is 19.4 Å². The van der Waals surface area contributed by atoms with Crippen LogP contribution >= 0.6 is 0 Å². The van der Waals surface area contributed by atoms with Gasteiger partial charge in [-0.2, -0.15) is 0 Å². The number of carbonyl (C=O) groups excluding carboxylic acids is 1. The fourth-order valence-electron chi connectivity index (χ4n) is 0.860. The van der Waals surface area contributed by atoms with Gasteiger partial charge in [0.05, 0.1) is 5.92 Å². The lowest BCUT2D eigenvalue weighted by Gasteiger charge is -2.04. The molecule has 0 rings (SSSR count). The molecule has 0 bridgehead atoms. The Morgan fingerprint density at radius 2 is 2.25 bits per heavy atom. The molecule has 1 atom stereocenters. The van der Waals surface area contributed by atoms with Crippen molar-refractivity contribution in [3.05, 3.63) is 0 Å². The molecule has 0 saturated carbocycles. The van der Waals surface area contributed by atoms with Gasteiger partial charge in [0.15, 0.2) is 0 Å². The molecule has 1 amide bonds. The molecule has 0 aromatic heterocycles. The molecule has 0 aliphatic rings. The van der Waals surface area contributed by atoms with Gasteiger partial charge < -0.3 is 10.4 Å². The van der Waals surface area contributed by atoms with E-state index in [4.69, 9.17) is 5.11 Å². The Labute approximate surface area is 72.0 Å². The molecule has 4 nitrogen and oxygen atoms in total. The van der Waals surface area contributed by atoms with E-state index in [-0.39, 0.29) is 5.92 Å². The summed E-state index contributed by atoms with van der Waals surface area (Å²) >= 11 is 0. The lowest BCUT2D eigenvalue weighted by atomic mass is 10.0. The van der Waals surface area contributed by atoms with Gasteiger partial charge in [-0.05, 0) is 12.8 Å². The van der Waals surface area contributed by atoms with Gasteiger partial charge in [-0.25, -0.2) is 0 Å². The fourth-order valence-corrected chi connectivity index (χ4v) is 0.860. The number of nitrogens with one attached hydrogen (secondary N) is 1. The molecule has 0 fully saturated rings. The Bertz CT molecular complexity index is 147. The number of unbranched alkanes of at least 4 members (excludes halogenated alkanes) is 1. The average molecular weight is 173 g/mol. The summed E-state index contributed by atoms with van der Waals surface area (Å²) in [6, 6.07) is 0. The van der Waals surface area contributed by atoms with Gasteiger partial charge in [0, 0.05) is 6.54 Å². The van der Waals surface area contributed by atoms with Crippen molar-refractivity contribution in [2.45, 2.75) is 26.2 Å². The van der Waals surface area contributed by atoms with Crippen LogP contribution in [0.2, 0.25) is 0 Å². The number of amides is 1. The zero-order valence-electron chi connectivity index (χ0n) is 7.25. The van der Waals surface area contributed by atoms with Crippen molar-refractivity contribution >= 4 is 12.4 Å². The first kappa shape index (κ1) is 10.9. The minimum absolute atomic E-state index is 0.277. The van der Waals surface area contributed by atoms with E-state index in [2.05, 4.69) is 5.32 Å². The van der Waals surface area contributed by atoms with Crippen LogP contribution in [0.15, 0.2) is 0 Å². The summed E-state index contributed by atoms with van der Waals surface area (Å²) < 4.78 is 0. The zero-order chi connectivity index (χ0) is 9.40. The predicted molar refractivity (Wildman–Crippen MR) is 44.7 cm³/mol. The lowest BCUT2D eigenvalue weighted by molar-refractivity contribution is -0.141. The maximum atomic E-state index is 10.3. The monoisotopic (exact) mass is 173 g/mol. The molecule has 2 N–H and O–H groups in total. The third-order valence-electron chi connectivity index (χ3n) is 1.71. The van der Waals surface area contributed by atoms with Crippen LogP contribution < -0.4 is 5.32 Å². The summed E-state index contributed by atoms with van der Waals surface area (Å²) in [5, 5.41) is 11.0. The third kappa shape index (κ3) is 5.70. The quantitative estimate of drug-likeness (QED) is 0.438. The highest BCUT2D eigenvalue weighted by atomic mass is 16.4. The Kier molecular flexibility index (Phi) is 6.05. The summed E-state index contributed by atoms with van der Waals surface area (Å²) in [7, 11) is 0. The maximum Gasteiger partial charge on any atom is 0.306 e. The van der Waals surface area contributed by atoms with E-state index in [1.165, 1.54) is 0 Å². The van der Waals surface area contributed by atoms with Crippen LogP contribution in [0.1, 0.15) is 26.2 Å². The second kappa shape index (κ2) is 6.64. The van der Waals surface area contributed by atoms with Gasteiger partial charge in [0.1, 0.15) is 0 Å². The van der Waals surface area contributed by atoms with Crippen molar-refractivity contribution in [2.24, 2.45) is 5.92 Å². The Morgan fingerprint density at radius 1 is 1.58 bits per heavy atom. The fraction of sp³-hybridized carbons (Fsp3) is 0.750. The number of rotatable bonds is 7. The molecule has 0 aliphatic carbocycles. The molecule has 0 saturated heterocycles. The summed E-state index contributed by atoms with van der Waals surface area (Å²) in [4.78, 5) is 20.2. The van der Waals surface area contributed by atoms with Crippen molar-refractivity contribution in [1.29, 1.82) is 0 Å². The molecule has 12 heavy (non-hydrogen) atoms. The molecule has 0 aromatic carbocycles. The standard InChI is InChI=1S/C8H15NO3/c1-7(8(11)12)4-2-3-5-9-6-10/h6-7H,2-5H2,1H3,(H,9,10)(H,11,12). The molecular weight excluding hydrogens is 158 g/mol. The molecular formula is C8H15NO3. The SMILES string of the molecule is CC(CCCCNC=O)C(=O)O. The highest BCUT2D eigenvalue weighted by Gasteiger charge is 2.08. The first-order chi connectivity index (χ1) is 5.68. The highest BCUT2D eigenvalue weighted by Crippen LogP contribution is 2.06. The second-order valence-corrected chi connectivity index (χ2v) is 2.81. The van der Waals surface area contributed by atoms with E-state index in [9.17, 15) is 9.59 Å². The minimum Gasteiger partial charge on any atom is -0.481 e. The van der Waals surface area contributed by atoms with Gasteiger partial charge in [0.2, 0.25) is 6.41 Å². The van der Waals surface area contributed by atoms with Crippen molar-refractivity contribution < 1.29 is 14.7 Å². The molecule has 0 aromatic rings. The normalized spacial score (nSPS) is 12.1. The van der Waals surface area contributed by atoms with E-state index >= 15 is 0 Å². The molecule has 0 heterocycles. The summed E-state index contributed by atoms with van der Waals surface area (Å²) in [5.74, 6) is -1.03. The number of carboxylic acid groups (broad SMARTS) is 1. The van der Waals surface area contributed by atoms with Crippen LogP contribution in [0.3, 0.4) is 0 Å². The van der Waals surface area contributed by atoms with Gasteiger partial charge in [-0.1, -0.05) is 13.3 Å². The Hall–Kier alpha value is -1.06. The van der Waals surface area contributed by atoms with Gasteiger partial charge in [0.25, 0.3) is 0 Å². The number of carbonyl (C=O) groups is 2. The highest BCUT2D eigenvalue weighted by molar-refractivity contribution is 5.69. The van der Waals surface area contributed by atoms with Crippen LogP contribution in [-0.4, -0.2) is 24.0 Å². The average Bonchev–Trinajstić information content (AvgIpc) is 2.03. The van der Waals surface area contributed by atoms with Crippen LogP contribution in [-0.2, 0) is 9.59 Å². The number of hydrogen-bond acceptors (Lipinski definition) is 2. The molecule has 0 spiro atoms. The van der Waals surface area contributed by atoms with Crippen molar-refractivity contribution in [2.75, 3.05) is 6.54 Å². The Morgan fingerprint density at radius 3 is 2.75 bits per heavy atom. The summed E-state index contributed by atoms with van der Waals surface area (Å²) in [5.41, 5.74) is 0. The topological polar surface area (TPSA) is 66.4 Å². The van der Waals surface area contributed by atoms with Crippen LogP contribution in [0, 0.1) is 5.92 Å². The minimum atomic E-state index is -0.752. The second-order valence-electron chi connectivity index (χ2n) is 2.81. The molecule has 4 heteroatoms. The Balaban J connectivity index is 3.19. The first-order valence-electron chi connectivity index (χ1n) is 4.08. The van der Waals surface area contributed by atoms with E-state index in [1.54, 1.807) is 6.92 Å². The first-order valence-corrected chi connectivity index (χ1v) is 4.08. The maximum absolute atomic E-state index is 10.3. The number of aliphatic carboxylic acids is 1. The number of hydrogen-bond donors (Lipinski definition) is 2. The van der Waals surface area contributed by atoms with Crippen molar-refractivity contribution in [1.82, 2.24) is 5.32 Å². The smallest absolute Gasteiger partial charge is 0.306 e. The summed E-state index contributed by atoms with van der Waals surface area (Å²) in [6.07, 6.45) is 3.02. The van der Waals surface area contributed by atoms with Gasteiger partial charge >= 0.3 is 5.97 Å². The van der Waals surface area contributed by atoms with E-state index < -0.39 is 5.97 Å². The lowest BCUT2D eigenvalue weighted by Crippen LogP contribution is -2.13. The van der Waals surface area contributed by atoms with E-state index in [1.807, 2.05) is 0 Å². The molecule has 0 radical (unpaired) electrons. The predicted octanol–water partition coefficient (Wildman–Crippen LogP) is 0.623. The molecule has 1 unspecified atom stereocenters. The third-order valence-corrected chi connectivity index (χ3v) is 1.71. The van der Waals surface area contributed by atoms with Crippen LogP contribution in [0.25, 0.3) is 0 Å². The van der Waals surface area contributed by atoms with Crippen molar-refractivity contribution in [3.8, 4) is 0 Å². The van der Waals surface area contributed by atoms with Gasteiger partial charge in [-0.15, -0.1) is 0 Å². The van der Waals surface area contributed by atoms with Crippen LogP contribution in [0.4, 0.5) is 0 Å². The number of carboxylic acids is 1. The van der Waals surface area contributed by atoms with Gasteiger partial charge in [-0.3, -0.25) is 9.59 Å². The van der Waals surface area contributed by atoms with Crippen molar-refractivity contribution in [3.63, 3.8) is 0 Å². The zero-order valence-corrected chi connectivity index (χ0v) is 7.25. The van der Waals surface area contributed by atoms with Crippen LogP contribution in [0.5, 0.6) is 0 Å². The molecule has 70 valence electrons. The largest absolute Gasteiger partial charge is 0.481 e. The summed E-state index contributed by atoms with van der Waals surface area (Å²) in [6.45, 7) is 2.32. The molecule has 0 aliphatic heterocycles. The van der Waals surface area contributed by atoms with E-state index in [0.717, 1.165) is 12.8 Å².